The van der Waals surface area contributed by atoms with Crippen LogP contribution in [-0.2, 0) is 14.6 Å². The van der Waals surface area contributed by atoms with Gasteiger partial charge in [0.05, 0.1) is 5.75 Å². The molecule has 7 heteroatoms. The molecule has 1 saturated heterocycles. The highest BCUT2D eigenvalue weighted by molar-refractivity contribution is 7.92. The summed E-state index contributed by atoms with van der Waals surface area (Å²) < 4.78 is 23.2. The molecule has 0 aromatic heterocycles. The summed E-state index contributed by atoms with van der Waals surface area (Å²) in [6.07, 6.45) is 1.94. The first-order valence-corrected chi connectivity index (χ1v) is 7.91. The van der Waals surface area contributed by atoms with Crippen LogP contribution in [0.4, 0.5) is 0 Å². The van der Waals surface area contributed by atoms with Crippen LogP contribution in [0, 0.1) is 5.92 Å². The molecule has 0 aromatic rings. The van der Waals surface area contributed by atoms with Crippen LogP contribution < -0.4 is 10.6 Å². The highest BCUT2D eigenvalue weighted by Crippen LogP contribution is 2.03. The van der Waals surface area contributed by atoms with E-state index in [-0.39, 0.29) is 41.8 Å². The normalized spacial score (nSPS) is 20.3. The molecule has 0 spiro atoms. The maximum absolute atomic E-state index is 11.6. The molecule has 0 radical (unpaired) electrons. The Kier molecular flexibility index (Phi) is 7.82. The molecule has 18 heavy (non-hydrogen) atoms. The predicted molar refractivity (Wildman–Crippen MR) is 74.8 cm³/mol. The summed E-state index contributed by atoms with van der Waals surface area (Å²) in [5.74, 6) is -0.631. The lowest BCUT2D eigenvalue weighted by Gasteiger charge is -2.23. The van der Waals surface area contributed by atoms with E-state index in [1.165, 1.54) is 0 Å². The fraction of sp³-hybridized carbons (Fsp3) is 0.909. The van der Waals surface area contributed by atoms with Crippen LogP contribution in [0.2, 0.25) is 0 Å². The number of nitrogens with one attached hydrogen (secondary N) is 2. The molecule has 108 valence electrons. The fourth-order valence-electron chi connectivity index (χ4n) is 2.01. The van der Waals surface area contributed by atoms with E-state index in [4.69, 9.17) is 0 Å². The fourth-order valence-corrected chi connectivity index (χ4v) is 3.63. The zero-order chi connectivity index (χ0) is 12.9. The maximum Gasteiger partial charge on any atom is 0.235 e. The SMILES string of the molecule is CC(C)CS(=O)(=O)CC(=O)N[C@H]1CCCNC1.Cl. The second kappa shape index (κ2) is 7.96. The van der Waals surface area contributed by atoms with Gasteiger partial charge in [-0.2, -0.15) is 0 Å². The van der Waals surface area contributed by atoms with Crippen LogP contribution in [0.3, 0.4) is 0 Å². The van der Waals surface area contributed by atoms with Gasteiger partial charge < -0.3 is 10.6 Å². The van der Waals surface area contributed by atoms with E-state index < -0.39 is 9.84 Å². The van der Waals surface area contributed by atoms with Gasteiger partial charge in [-0.1, -0.05) is 13.8 Å². The summed E-state index contributed by atoms with van der Waals surface area (Å²) in [6, 6.07) is 0.0745. The number of carbonyl (C=O) groups is 1. The van der Waals surface area contributed by atoms with Crippen LogP contribution in [0.25, 0.3) is 0 Å². The Balaban J connectivity index is 0.00000289. The van der Waals surface area contributed by atoms with Crippen LogP contribution in [0.15, 0.2) is 0 Å². The van der Waals surface area contributed by atoms with Gasteiger partial charge in [0.25, 0.3) is 0 Å². The first-order valence-electron chi connectivity index (χ1n) is 6.09. The molecule has 0 bridgehead atoms. The topological polar surface area (TPSA) is 75.3 Å². The van der Waals surface area contributed by atoms with E-state index >= 15 is 0 Å². The van der Waals surface area contributed by atoms with Crippen molar-refractivity contribution in [3.8, 4) is 0 Å². The van der Waals surface area contributed by atoms with E-state index in [0.29, 0.717) is 0 Å². The Morgan fingerprint density at radius 2 is 2.11 bits per heavy atom. The zero-order valence-corrected chi connectivity index (χ0v) is 12.6. The van der Waals surface area contributed by atoms with Crippen molar-refractivity contribution in [3.63, 3.8) is 0 Å². The third kappa shape index (κ3) is 7.18. The van der Waals surface area contributed by atoms with E-state index in [9.17, 15) is 13.2 Å². The molecule has 5 nitrogen and oxygen atoms in total. The molecule has 1 amide bonds. The minimum absolute atomic E-state index is 0. The molecule has 1 aliphatic heterocycles. The maximum atomic E-state index is 11.6. The Morgan fingerprint density at radius 1 is 1.44 bits per heavy atom. The van der Waals surface area contributed by atoms with Gasteiger partial charge in [0.2, 0.25) is 5.91 Å². The van der Waals surface area contributed by atoms with Gasteiger partial charge in [0, 0.05) is 12.6 Å². The Labute approximate surface area is 115 Å². The quantitative estimate of drug-likeness (QED) is 0.768. The van der Waals surface area contributed by atoms with Gasteiger partial charge in [0.1, 0.15) is 5.75 Å². The van der Waals surface area contributed by atoms with Gasteiger partial charge >= 0.3 is 0 Å². The summed E-state index contributed by atoms with van der Waals surface area (Å²) in [5, 5.41) is 5.94. The lowest BCUT2D eigenvalue weighted by molar-refractivity contribution is -0.119. The largest absolute Gasteiger partial charge is 0.351 e. The van der Waals surface area contributed by atoms with E-state index in [1.807, 2.05) is 13.8 Å². The van der Waals surface area contributed by atoms with Crippen molar-refractivity contribution in [1.29, 1.82) is 0 Å². The number of amides is 1. The summed E-state index contributed by atoms with van der Waals surface area (Å²) in [7, 11) is -3.26. The first-order chi connectivity index (χ1) is 7.89. The Bertz CT molecular complexity index is 351. The second-order valence-corrected chi connectivity index (χ2v) is 7.17. The Hall–Kier alpha value is -0.330. The van der Waals surface area contributed by atoms with Gasteiger partial charge in [-0.3, -0.25) is 4.79 Å². The molecule has 0 aliphatic carbocycles. The van der Waals surface area contributed by atoms with E-state index in [0.717, 1.165) is 25.9 Å². The van der Waals surface area contributed by atoms with Gasteiger partial charge in [-0.05, 0) is 25.3 Å². The van der Waals surface area contributed by atoms with Crippen LogP contribution in [-0.4, -0.2) is 45.0 Å². The molecule has 0 aromatic carbocycles. The molecule has 2 N–H and O–H groups in total. The van der Waals surface area contributed by atoms with Gasteiger partial charge in [-0.25, -0.2) is 8.42 Å². The molecule has 1 atom stereocenters. The minimum Gasteiger partial charge on any atom is -0.351 e. The van der Waals surface area contributed by atoms with Gasteiger partial charge in [0.15, 0.2) is 9.84 Å². The second-order valence-electron chi connectivity index (χ2n) is 5.06. The van der Waals surface area contributed by atoms with Gasteiger partial charge in [-0.15, -0.1) is 12.4 Å². The van der Waals surface area contributed by atoms with Crippen LogP contribution >= 0.6 is 12.4 Å². The molecular formula is C11H23ClN2O3S. The van der Waals surface area contributed by atoms with Crippen molar-refractivity contribution >= 4 is 28.2 Å². The van der Waals surface area contributed by atoms with Crippen molar-refractivity contribution in [2.24, 2.45) is 5.92 Å². The number of carbonyl (C=O) groups excluding carboxylic acids is 1. The van der Waals surface area contributed by atoms with Crippen molar-refractivity contribution in [3.05, 3.63) is 0 Å². The van der Waals surface area contributed by atoms with Crippen molar-refractivity contribution < 1.29 is 13.2 Å². The monoisotopic (exact) mass is 298 g/mol. The molecule has 1 rings (SSSR count). The highest BCUT2D eigenvalue weighted by Gasteiger charge is 2.21. The number of rotatable bonds is 5. The average Bonchev–Trinajstić information content (AvgIpc) is 2.15. The molecular weight excluding hydrogens is 276 g/mol. The summed E-state index contributed by atoms with van der Waals surface area (Å²) in [4.78, 5) is 11.6. The molecule has 0 unspecified atom stereocenters. The van der Waals surface area contributed by atoms with E-state index in [1.54, 1.807) is 0 Å². The number of hydrogen-bond donors (Lipinski definition) is 2. The first kappa shape index (κ1) is 17.7. The lowest BCUT2D eigenvalue weighted by atomic mass is 10.1. The van der Waals surface area contributed by atoms with Crippen LogP contribution in [0.5, 0.6) is 0 Å². The lowest BCUT2D eigenvalue weighted by Crippen LogP contribution is -2.47. The van der Waals surface area contributed by atoms with Crippen LogP contribution in [0.1, 0.15) is 26.7 Å². The Morgan fingerprint density at radius 3 is 2.61 bits per heavy atom. The zero-order valence-electron chi connectivity index (χ0n) is 10.9. The highest BCUT2D eigenvalue weighted by atomic mass is 35.5. The predicted octanol–water partition coefficient (Wildman–Crippen LogP) is 0.347. The minimum atomic E-state index is -3.26. The van der Waals surface area contributed by atoms with Crippen molar-refractivity contribution in [1.82, 2.24) is 10.6 Å². The number of hydrogen-bond acceptors (Lipinski definition) is 4. The third-order valence-electron chi connectivity index (χ3n) is 2.60. The number of sulfone groups is 1. The average molecular weight is 299 g/mol. The number of halogens is 1. The summed E-state index contributed by atoms with van der Waals surface area (Å²) >= 11 is 0. The standard InChI is InChI=1S/C11H22N2O3S.ClH/c1-9(2)7-17(15,16)8-11(14)13-10-4-3-5-12-6-10;/h9-10,12H,3-8H2,1-2H3,(H,13,14);1H/t10-;/m0./s1. The summed E-state index contributed by atoms with van der Waals surface area (Å²) in [6.45, 7) is 5.37. The smallest absolute Gasteiger partial charge is 0.235 e. The van der Waals surface area contributed by atoms with Crippen molar-refractivity contribution in [2.45, 2.75) is 32.7 Å². The molecule has 0 saturated carbocycles. The molecule has 1 aliphatic rings. The third-order valence-corrected chi connectivity index (χ3v) is 4.48. The number of piperidine rings is 1. The molecule has 1 heterocycles. The van der Waals surface area contributed by atoms with Crippen molar-refractivity contribution in [2.75, 3.05) is 24.6 Å². The summed E-state index contributed by atoms with van der Waals surface area (Å²) in [5.41, 5.74) is 0. The molecule has 1 fully saturated rings. The van der Waals surface area contributed by atoms with E-state index in [2.05, 4.69) is 10.6 Å².